The molecule has 0 radical (unpaired) electrons. The number of amides is 1. The van der Waals surface area contributed by atoms with Crippen LogP contribution >= 0.6 is 0 Å². The average molecular weight is 227 g/mol. The molecular formula is C13H13N3O. The summed E-state index contributed by atoms with van der Waals surface area (Å²) in [6, 6.07) is 9.65. The third-order valence-corrected chi connectivity index (χ3v) is 2.38. The maximum Gasteiger partial charge on any atom is 0.243 e. The lowest BCUT2D eigenvalue weighted by Gasteiger charge is -2.09. The van der Waals surface area contributed by atoms with Crippen molar-refractivity contribution >= 4 is 5.91 Å². The molecule has 0 saturated carbocycles. The van der Waals surface area contributed by atoms with Crippen molar-refractivity contribution in [1.29, 1.82) is 0 Å². The van der Waals surface area contributed by atoms with Crippen LogP contribution in [0.5, 0.6) is 0 Å². The number of benzene rings is 1. The van der Waals surface area contributed by atoms with Crippen LogP contribution in [0.4, 0.5) is 0 Å². The van der Waals surface area contributed by atoms with E-state index in [1.54, 1.807) is 10.9 Å². The number of hydrogen-bond acceptors (Lipinski definition) is 2. The van der Waals surface area contributed by atoms with Crippen molar-refractivity contribution in [3.63, 3.8) is 0 Å². The summed E-state index contributed by atoms with van der Waals surface area (Å²) in [4.78, 5) is 11.1. The lowest BCUT2D eigenvalue weighted by molar-refractivity contribution is -0.116. The van der Waals surface area contributed by atoms with Crippen LogP contribution in [0.1, 0.15) is 5.56 Å². The van der Waals surface area contributed by atoms with Crippen molar-refractivity contribution in [2.75, 3.05) is 0 Å². The number of carbonyl (C=O) groups excluding carboxylic acids is 1. The van der Waals surface area contributed by atoms with Crippen LogP contribution < -0.4 is 5.32 Å². The average Bonchev–Trinajstić information content (AvgIpc) is 2.90. The van der Waals surface area contributed by atoms with E-state index in [4.69, 9.17) is 0 Å². The summed E-state index contributed by atoms with van der Waals surface area (Å²) in [7, 11) is 0. The van der Waals surface area contributed by atoms with Crippen LogP contribution in [0.2, 0.25) is 0 Å². The first-order valence-corrected chi connectivity index (χ1v) is 5.29. The highest BCUT2D eigenvalue weighted by Gasteiger charge is 2.04. The Kier molecular flexibility index (Phi) is 3.35. The van der Waals surface area contributed by atoms with Gasteiger partial charge in [0.2, 0.25) is 5.91 Å². The molecule has 0 aliphatic carbocycles. The normalized spacial score (nSPS) is 9.88. The largest absolute Gasteiger partial charge is 0.348 e. The molecule has 0 fully saturated rings. The number of hydrogen-bond donors (Lipinski definition) is 1. The molecule has 4 nitrogen and oxygen atoms in total. The highest BCUT2D eigenvalue weighted by atomic mass is 16.1. The van der Waals surface area contributed by atoms with Crippen LogP contribution in [0.15, 0.2) is 55.4 Å². The second-order valence-electron chi connectivity index (χ2n) is 3.50. The van der Waals surface area contributed by atoms with Gasteiger partial charge in [-0.2, -0.15) is 5.10 Å². The summed E-state index contributed by atoms with van der Waals surface area (Å²) in [6.07, 6.45) is 4.85. The molecule has 0 unspecified atom stereocenters. The van der Waals surface area contributed by atoms with Crippen molar-refractivity contribution in [3.8, 4) is 5.69 Å². The molecule has 0 aliphatic heterocycles. The summed E-state index contributed by atoms with van der Waals surface area (Å²) in [5.74, 6) is -0.180. The number of carbonyl (C=O) groups is 1. The van der Waals surface area contributed by atoms with Gasteiger partial charge in [-0.25, -0.2) is 4.68 Å². The first-order valence-electron chi connectivity index (χ1n) is 5.29. The molecule has 4 heteroatoms. The molecule has 1 heterocycles. The van der Waals surface area contributed by atoms with Gasteiger partial charge in [-0.05, 0) is 23.8 Å². The zero-order valence-electron chi connectivity index (χ0n) is 9.34. The van der Waals surface area contributed by atoms with Gasteiger partial charge >= 0.3 is 0 Å². The Balaban J connectivity index is 2.22. The maximum atomic E-state index is 11.1. The minimum atomic E-state index is -0.180. The van der Waals surface area contributed by atoms with E-state index < -0.39 is 0 Å². The highest BCUT2D eigenvalue weighted by molar-refractivity contribution is 5.86. The molecule has 2 aromatic rings. The molecule has 0 aliphatic rings. The van der Waals surface area contributed by atoms with E-state index in [2.05, 4.69) is 17.0 Å². The van der Waals surface area contributed by atoms with Crippen molar-refractivity contribution < 1.29 is 4.79 Å². The van der Waals surface area contributed by atoms with Crippen LogP contribution in [0.3, 0.4) is 0 Å². The van der Waals surface area contributed by atoms with E-state index in [9.17, 15) is 4.79 Å². The first kappa shape index (κ1) is 11.1. The van der Waals surface area contributed by atoms with Gasteiger partial charge in [-0.15, -0.1) is 0 Å². The lowest BCUT2D eigenvalue weighted by Crippen LogP contribution is -2.21. The number of para-hydroxylation sites is 1. The molecule has 86 valence electrons. The number of nitrogens with one attached hydrogen (secondary N) is 1. The summed E-state index contributed by atoms with van der Waals surface area (Å²) < 4.78 is 1.77. The Labute approximate surface area is 99.6 Å². The van der Waals surface area contributed by atoms with E-state index in [-0.39, 0.29) is 5.91 Å². The van der Waals surface area contributed by atoms with Crippen molar-refractivity contribution in [2.24, 2.45) is 0 Å². The van der Waals surface area contributed by atoms with Gasteiger partial charge < -0.3 is 5.32 Å². The Bertz CT molecular complexity index is 517. The fraction of sp³-hybridized carbons (Fsp3) is 0.0769. The van der Waals surface area contributed by atoms with Crippen molar-refractivity contribution in [2.45, 2.75) is 6.54 Å². The molecule has 0 spiro atoms. The monoisotopic (exact) mass is 227 g/mol. The fourth-order valence-corrected chi connectivity index (χ4v) is 1.55. The molecule has 1 aromatic heterocycles. The van der Waals surface area contributed by atoms with Gasteiger partial charge in [-0.1, -0.05) is 24.8 Å². The Morgan fingerprint density at radius 1 is 1.41 bits per heavy atom. The van der Waals surface area contributed by atoms with Gasteiger partial charge in [0.15, 0.2) is 0 Å². The molecule has 17 heavy (non-hydrogen) atoms. The third-order valence-electron chi connectivity index (χ3n) is 2.38. The van der Waals surface area contributed by atoms with Crippen LogP contribution in [-0.4, -0.2) is 15.7 Å². The van der Waals surface area contributed by atoms with Crippen molar-refractivity contribution in [3.05, 3.63) is 60.9 Å². The minimum Gasteiger partial charge on any atom is -0.348 e. The Morgan fingerprint density at radius 2 is 2.24 bits per heavy atom. The predicted molar refractivity (Wildman–Crippen MR) is 65.6 cm³/mol. The van der Waals surface area contributed by atoms with Gasteiger partial charge in [-0.3, -0.25) is 4.79 Å². The van der Waals surface area contributed by atoms with Gasteiger partial charge in [0.05, 0.1) is 5.69 Å². The van der Waals surface area contributed by atoms with E-state index in [0.29, 0.717) is 6.54 Å². The Morgan fingerprint density at radius 3 is 2.94 bits per heavy atom. The Hall–Kier alpha value is -2.36. The minimum absolute atomic E-state index is 0.180. The standard InChI is InChI=1S/C13H13N3O/c1-2-13(17)14-10-11-6-3-4-7-12(11)16-9-5-8-15-16/h2-9H,1,10H2,(H,14,17). The summed E-state index contributed by atoms with van der Waals surface area (Å²) >= 11 is 0. The van der Waals surface area contributed by atoms with E-state index in [1.807, 2.05) is 36.5 Å². The molecule has 0 atom stereocenters. The smallest absolute Gasteiger partial charge is 0.243 e. The molecule has 0 saturated heterocycles. The second kappa shape index (κ2) is 5.12. The van der Waals surface area contributed by atoms with Crippen LogP contribution in [0.25, 0.3) is 5.69 Å². The lowest BCUT2D eigenvalue weighted by atomic mass is 10.2. The molecule has 1 aromatic carbocycles. The molecule has 0 bridgehead atoms. The quantitative estimate of drug-likeness (QED) is 0.808. The molecule has 1 amide bonds. The van der Waals surface area contributed by atoms with Crippen molar-refractivity contribution in [1.82, 2.24) is 15.1 Å². The maximum absolute atomic E-state index is 11.1. The molecular weight excluding hydrogens is 214 g/mol. The van der Waals surface area contributed by atoms with E-state index in [0.717, 1.165) is 11.3 Å². The highest BCUT2D eigenvalue weighted by Crippen LogP contribution is 2.12. The second-order valence-corrected chi connectivity index (χ2v) is 3.50. The number of rotatable bonds is 4. The SMILES string of the molecule is C=CC(=O)NCc1ccccc1-n1cccn1. The van der Waals surface area contributed by atoms with Gasteiger partial charge in [0, 0.05) is 18.9 Å². The number of aromatic nitrogens is 2. The zero-order chi connectivity index (χ0) is 12.1. The van der Waals surface area contributed by atoms with E-state index in [1.165, 1.54) is 6.08 Å². The summed E-state index contributed by atoms with van der Waals surface area (Å²) in [5, 5.41) is 6.93. The topological polar surface area (TPSA) is 46.9 Å². The van der Waals surface area contributed by atoms with Crippen LogP contribution in [-0.2, 0) is 11.3 Å². The molecule has 2 rings (SSSR count). The fourth-order valence-electron chi connectivity index (χ4n) is 1.55. The number of nitrogens with zero attached hydrogens (tertiary/aromatic N) is 2. The zero-order valence-corrected chi connectivity index (χ0v) is 9.34. The summed E-state index contributed by atoms with van der Waals surface area (Å²) in [6.45, 7) is 3.87. The third kappa shape index (κ3) is 2.60. The van der Waals surface area contributed by atoms with Crippen LogP contribution in [0, 0.1) is 0 Å². The first-order chi connectivity index (χ1) is 8.31. The van der Waals surface area contributed by atoms with E-state index >= 15 is 0 Å². The van der Waals surface area contributed by atoms with Gasteiger partial charge in [0.1, 0.15) is 0 Å². The predicted octanol–water partition coefficient (Wildman–Crippen LogP) is 1.67. The van der Waals surface area contributed by atoms with Gasteiger partial charge in [0.25, 0.3) is 0 Å². The molecule has 1 N–H and O–H groups in total. The summed E-state index contributed by atoms with van der Waals surface area (Å²) in [5.41, 5.74) is 1.97.